The van der Waals surface area contributed by atoms with E-state index in [1.807, 2.05) is 4.90 Å². The summed E-state index contributed by atoms with van der Waals surface area (Å²) >= 11 is 0. The monoisotopic (exact) mass is 344 g/mol. The van der Waals surface area contributed by atoms with E-state index in [2.05, 4.69) is 15.5 Å². The number of rotatable bonds is 4. The number of aromatic nitrogens is 2. The molecule has 6 nitrogen and oxygen atoms in total. The number of hydrogen-bond acceptors (Lipinski definition) is 5. The molecule has 2 heterocycles. The highest BCUT2D eigenvalue weighted by atomic mass is 19.1. The highest BCUT2D eigenvalue weighted by Crippen LogP contribution is 2.53. The lowest BCUT2D eigenvalue weighted by molar-refractivity contribution is -0.133. The number of nitrogens with zero attached hydrogens (tertiary/aromatic N) is 3. The SMILES string of the molecule is C[C@@H](Nc1nnc(-c2ccccc2F)o1)C(=O)N1CCC2(CC1)CC2. The molecule has 1 spiro atoms. The quantitative estimate of drug-likeness (QED) is 0.923. The van der Waals surface area contributed by atoms with Crippen molar-refractivity contribution in [3.05, 3.63) is 30.1 Å². The molecule has 7 heteroatoms. The van der Waals surface area contributed by atoms with Crippen molar-refractivity contribution in [1.29, 1.82) is 0 Å². The smallest absolute Gasteiger partial charge is 0.316 e. The van der Waals surface area contributed by atoms with Crippen molar-refractivity contribution >= 4 is 11.9 Å². The molecule has 1 N–H and O–H groups in total. The zero-order chi connectivity index (χ0) is 17.4. The third-order valence-corrected chi connectivity index (χ3v) is 5.33. The Balaban J connectivity index is 1.38. The molecule has 0 bridgehead atoms. The lowest BCUT2D eigenvalue weighted by Gasteiger charge is -2.33. The molecule has 1 saturated heterocycles. The van der Waals surface area contributed by atoms with E-state index in [0.717, 1.165) is 25.9 Å². The minimum Gasteiger partial charge on any atom is -0.403 e. The summed E-state index contributed by atoms with van der Waals surface area (Å²) in [5, 5.41) is 10.7. The van der Waals surface area contributed by atoms with Crippen LogP contribution in [0.15, 0.2) is 28.7 Å². The summed E-state index contributed by atoms with van der Waals surface area (Å²) in [5.41, 5.74) is 0.780. The van der Waals surface area contributed by atoms with Crippen molar-refractivity contribution in [2.75, 3.05) is 18.4 Å². The molecule has 4 rings (SSSR count). The maximum absolute atomic E-state index is 13.8. The van der Waals surface area contributed by atoms with Gasteiger partial charge in [0.05, 0.1) is 5.56 Å². The first-order chi connectivity index (χ1) is 12.1. The highest BCUT2D eigenvalue weighted by molar-refractivity contribution is 5.83. The van der Waals surface area contributed by atoms with Crippen molar-refractivity contribution in [3.63, 3.8) is 0 Å². The lowest BCUT2D eigenvalue weighted by atomic mass is 9.93. The largest absolute Gasteiger partial charge is 0.403 e. The van der Waals surface area contributed by atoms with E-state index < -0.39 is 11.9 Å². The summed E-state index contributed by atoms with van der Waals surface area (Å²) < 4.78 is 19.2. The van der Waals surface area contributed by atoms with Gasteiger partial charge in [0, 0.05) is 13.1 Å². The predicted octanol–water partition coefficient (Wildman–Crippen LogP) is 3.08. The molecule has 0 unspecified atom stereocenters. The normalized spacial score (nSPS) is 19.7. The molecule has 2 aliphatic rings. The van der Waals surface area contributed by atoms with Crippen LogP contribution >= 0.6 is 0 Å². The number of carbonyl (C=O) groups is 1. The maximum atomic E-state index is 13.8. The molecule has 2 fully saturated rings. The second-order valence-electron chi connectivity index (χ2n) is 7.08. The Hall–Kier alpha value is -2.44. The first kappa shape index (κ1) is 16.1. The van der Waals surface area contributed by atoms with Crippen LogP contribution in [0.4, 0.5) is 10.4 Å². The van der Waals surface area contributed by atoms with Gasteiger partial charge in [-0.05, 0) is 50.2 Å². The Bertz CT molecular complexity index is 777. The Kier molecular flexibility index (Phi) is 3.94. The van der Waals surface area contributed by atoms with Gasteiger partial charge in [-0.25, -0.2) is 4.39 Å². The van der Waals surface area contributed by atoms with Crippen LogP contribution in [0.5, 0.6) is 0 Å². The Morgan fingerprint density at radius 3 is 2.64 bits per heavy atom. The summed E-state index contributed by atoms with van der Waals surface area (Å²) in [6.07, 6.45) is 4.82. The van der Waals surface area contributed by atoms with Crippen LogP contribution in [0.2, 0.25) is 0 Å². The van der Waals surface area contributed by atoms with E-state index >= 15 is 0 Å². The number of halogens is 1. The molecule has 0 radical (unpaired) electrons. The van der Waals surface area contributed by atoms with E-state index in [1.54, 1.807) is 25.1 Å². The minimum absolute atomic E-state index is 0.0288. The van der Waals surface area contributed by atoms with Crippen LogP contribution in [-0.4, -0.2) is 40.1 Å². The van der Waals surface area contributed by atoms with Crippen molar-refractivity contribution in [3.8, 4) is 11.5 Å². The van der Waals surface area contributed by atoms with Crippen molar-refractivity contribution in [2.24, 2.45) is 5.41 Å². The Morgan fingerprint density at radius 1 is 1.24 bits per heavy atom. The molecule has 1 aromatic carbocycles. The first-order valence-electron chi connectivity index (χ1n) is 8.70. The average Bonchev–Trinajstić information content (AvgIpc) is 3.21. The summed E-state index contributed by atoms with van der Waals surface area (Å²) in [6.45, 7) is 3.40. The number of nitrogens with one attached hydrogen (secondary N) is 1. The summed E-state index contributed by atoms with van der Waals surface area (Å²) in [5.74, 6) is -0.306. The Morgan fingerprint density at radius 2 is 1.96 bits per heavy atom. The molecule has 2 aromatic rings. The third-order valence-electron chi connectivity index (χ3n) is 5.33. The van der Waals surface area contributed by atoms with Gasteiger partial charge < -0.3 is 14.6 Å². The van der Waals surface area contributed by atoms with Crippen LogP contribution < -0.4 is 5.32 Å². The molecule has 25 heavy (non-hydrogen) atoms. The number of carbonyl (C=O) groups excluding carboxylic acids is 1. The summed E-state index contributed by atoms with van der Waals surface area (Å²) in [6, 6.07) is 5.85. The predicted molar refractivity (Wildman–Crippen MR) is 90.3 cm³/mol. The van der Waals surface area contributed by atoms with E-state index in [9.17, 15) is 9.18 Å². The van der Waals surface area contributed by atoms with Gasteiger partial charge in [0.25, 0.3) is 5.89 Å². The average molecular weight is 344 g/mol. The van der Waals surface area contributed by atoms with Gasteiger partial charge in [0.1, 0.15) is 11.9 Å². The van der Waals surface area contributed by atoms with E-state index in [1.165, 1.54) is 18.9 Å². The number of likely N-dealkylation sites (tertiary alicyclic amines) is 1. The fourth-order valence-electron chi connectivity index (χ4n) is 3.42. The topological polar surface area (TPSA) is 71.3 Å². The van der Waals surface area contributed by atoms with Gasteiger partial charge >= 0.3 is 6.01 Å². The molecule has 1 aliphatic carbocycles. The minimum atomic E-state index is -0.470. The molecular weight excluding hydrogens is 323 g/mol. The van der Waals surface area contributed by atoms with Crippen molar-refractivity contribution in [2.45, 2.75) is 38.6 Å². The van der Waals surface area contributed by atoms with Crippen LogP contribution in [-0.2, 0) is 4.79 Å². The first-order valence-corrected chi connectivity index (χ1v) is 8.70. The second-order valence-corrected chi connectivity index (χ2v) is 7.08. The van der Waals surface area contributed by atoms with Crippen LogP contribution in [0.3, 0.4) is 0 Å². The van der Waals surface area contributed by atoms with Gasteiger partial charge in [0.15, 0.2) is 0 Å². The zero-order valence-corrected chi connectivity index (χ0v) is 14.2. The molecule has 132 valence electrons. The molecule has 1 atom stereocenters. The van der Waals surface area contributed by atoms with Crippen LogP contribution in [0.25, 0.3) is 11.5 Å². The maximum Gasteiger partial charge on any atom is 0.316 e. The van der Waals surface area contributed by atoms with Crippen LogP contribution in [0.1, 0.15) is 32.6 Å². The number of hydrogen-bond donors (Lipinski definition) is 1. The van der Waals surface area contributed by atoms with Crippen LogP contribution in [0, 0.1) is 11.2 Å². The number of benzene rings is 1. The van der Waals surface area contributed by atoms with Gasteiger partial charge in [-0.15, -0.1) is 5.10 Å². The van der Waals surface area contributed by atoms with Crippen molar-refractivity contribution in [1.82, 2.24) is 15.1 Å². The molecule has 1 amide bonds. The fourth-order valence-corrected chi connectivity index (χ4v) is 3.42. The molecular formula is C18H21FN4O2. The van der Waals surface area contributed by atoms with Gasteiger partial charge in [-0.3, -0.25) is 4.79 Å². The van der Waals surface area contributed by atoms with E-state index in [0.29, 0.717) is 5.41 Å². The summed E-state index contributed by atoms with van der Waals surface area (Å²) in [4.78, 5) is 14.5. The molecule has 1 saturated carbocycles. The third kappa shape index (κ3) is 3.23. The molecule has 1 aliphatic heterocycles. The number of amides is 1. The Labute approximate surface area is 145 Å². The number of piperidine rings is 1. The van der Waals surface area contributed by atoms with Gasteiger partial charge in [-0.1, -0.05) is 17.2 Å². The highest BCUT2D eigenvalue weighted by Gasteiger charge is 2.45. The number of anilines is 1. The lowest BCUT2D eigenvalue weighted by Crippen LogP contribution is -2.45. The fraction of sp³-hybridized carbons (Fsp3) is 0.500. The van der Waals surface area contributed by atoms with E-state index in [-0.39, 0.29) is 23.4 Å². The van der Waals surface area contributed by atoms with E-state index in [4.69, 9.17) is 4.42 Å². The standard InChI is InChI=1S/C18H21FN4O2/c1-12(16(24)23-10-8-18(6-7-18)9-11-23)20-17-22-21-15(25-17)13-4-2-3-5-14(13)19/h2-5,12H,6-11H2,1H3,(H,20,22)/t12-/m1/s1. The van der Waals surface area contributed by atoms with Gasteiger partial charge in [-0.2, -0.15) is 0 Å². The van der Waals surface area contributed by atoms with Gasteiger partial charge in [0.2, 0.25) is 5.91 Å². The summed E-state index contributed by atoms with van der Waals surface area (Å²) in [7, 11) is 0. The zero-order valence-electron chi connectivity index (χ0n) is 14.2. The molecule has 1 aromatic heterocycles. The van der Waals surface area contributed by atoms with Crippen molar-refractivity contribution < 1.29 is 13.6 Å². The second kappa shape index (κ2) is 6.13.